The lowest BCUT2D eigenvalue weighted by atomic mass is 9.87. The summed E-state index contributed by atoms with van der Waals surface area (Å²) in [5.74, 6) is 0.866. The molecule has 1 aromatic rings. The van der Waals surface area contributed by atoms with Crippen molar-refractivity contribution in [3.05, 3.63) is 29.8 Å². The summed E-state index contributed by atoms with van der Waals surface area (Å²) in [6, 6.07) is 7.36. The van der Waals surface area contributed by atoms with E-state index in [1.165, 1.54) is 0 Å². The van der Waals surface area contributed by atoms with Gasteiger partial charge in [-0.15, -0.1) is 0 Å². The fourth-order valence-corrected chi connectivity index (χ4v) is 2.30. The van der Waals surface area contributed by atoms with Gasteiger partial charge >= 0.3 is 0 Å². The van der Waals surface area contributed by atoms with Gasteiger partial charge in [-0.3, -0.25) is 4.79 Å². The smallest absolute Gasteiger partial charge is 0.194 e. The Kier molecular flexibility index (Phi) is 6.73. The number of carbonyl (C=O) groups excluding carboxylic acids is 1. The van der Waals surface area contributed by atoms with Crippen LogP contribution in [0.1, 0.15) is 57.3 Å². The van der Waals surface area contributed by atoms with Crippen molar-refractivity contribution < 1.29 is 14.3 Å². The van der Waals surface area contributed by atoms with E-state index < -0.39 is 5.60 Å². The normalized spacial score (nSPS) is 11.4. The summed E-state index contributed by atoms with van der Waals surface area (Å²) in [6.45, 7) is 9.22. The van der Waals surface area contributed by atoms with Crippen LogP contribution >= 0.6 is 0 Å². The van der Waals surface area contributed by atoms with E-state index in [0.717, 1.165) is 12.2 Å². The molecule has 0 unspecified atom stereocenters. The summed E-state index contributed by atoms with van der Waals surface area (Å²) in [5, 5.41) is 0. The minimum atomic E-state index is -0.694. The highest BCUT2D eigenvalue weighted by Crippen LogP contribution is 2.26. The number of ketones is 1. The van der Waals surface area contributed by atoms with Crippen molar-refractivity contribution in [3.8, 4) is 5.75 Å². The lowest BCUT2D eigenvalue weighted by Gasteiger charge is -2.30. The fourth-order valence-electron chi connectivity index (χ4n) is 2.30. The Morgan fingerprint density at radius 2 is 1.65 bits per heavy atom. The minimum Gasteiger partial charge on any atom is -0.494 e. The van der Waals surface area contributed by atoms with Crippen molar-refractivity contribution in [2.45, 2.75) is 52.6 Å². The van der Waals surface area contributed by atoms with Gasteiger partial charge in [0.1, 0.15) is 11.4 Å². The molecule has 0 heterocycles. The molecule has 0 saturated heterocycles. The predicted octanol–water partition coefficient (Wildman–Crippen LogP) is 4.25. The van der Waals surface area contributed by atoms with E-state index in [0.29, 0.717) is 31.6 Å². The molecule has 112 valence electrons. The molecule has 3 nitrogen and oxygen atoms in total. The third-order valence-corrected chi connectivity index (χ3v) is 3.57. The summed E-state index contributed by atoms with van der Waals surface area (Å²) in [6.07, 6.45) is 2.34. The van der Waals surface area contributed by atoms with Gasteiger partial charge in [0.05, 0.1) is 6.61 Å². The molecule has 0 aliphatic carbocycles. The van der Waals surface area contributed by atoms with Crippen LogP contribution in [0.3, 0.4) is 0 Å². The first kappa shape index (κ1) is 16.7. The number of hydrogen-bond acceptors (Lipinski definition) is 3. The second-order valence-corrected chi connectivity index (χ2v) is 4.84. The van der Waals surface area contributed by atoms with Gasteiger partial charge in [0.15, 0.2) is 5.78 Å². The van der Waals surface area contributed by atoms with Crippen molar-refractivity contribution in [1.82, 2.24) is 0 Å². The molecule has 20 heavy (non-hydrogen) atoms. The number of rotatable bonds is 9. The predicted molar refractivity (Wildman–Crippen MR) is 81.5 cm³/mol. The van der Waals surface area contributed by atoms with E-state index in [2.05, 4.69) is 6.92 Å². The van der Waals surface area contributed by atoms with E-state index >= 15 is 0 Å². The van der Waals surface area contributed by atoms with Gasteiger partial charge < -0.3 is 9.47 Å². The van der Waals surface area contributed by atoms with Crippen LogP contribution in [0.5, 0.6) is 5.75 Å². The number of carbonyl (C=O) groups is 1. The highest BCUT2D eigenvalue weighted by atomic mass is 16.5. The van der Waals surface area contributed by atoms with Gasteiger partial charge in [0.2, 0.25) is 0 Å². The molecule has 1 rings (SSSR count). The Morgan fingerprint density at radius 3 is 2.10 bits per heavy atom. The highest BCUT2D eigenvalue weighted by Gasteiger charge is 2.35. The molecule has 0 aliphatic heterocycles. The minimum absolute atomic E-state index is 0.0615. The van der Waals surface area contributed by atoms with Crippen molar-refractivity contribution in [3.63, 3.8) is 0 Å². The van der Waals surface area contributed by atoms with Gasteiger partial charge in [-0.25, -0.2) is 0 Å². The van der Waals surface area contributed by atoms with Crippen molar-refractivity contribution in [2.24, 2.45) is 0 Å². The topological polar surface area (TPSA) is 35.5 Å². The second kappa shape index (κ2) is 8.05. The van der Waals surface area contributed by atoms with Gasteiger partial charge in [0, 0.05) is 12.2 Å². The first-order chi connectivity index (χ1) is 9.63. The molecular formula is C17H26O3. The fraction of sp³-hybridized carbons (Fsp3) is 0.588. The van der Waals surface area contributed by atoms with Gasteiger partial charge in [-0.1, -0.05) is 20.8 Å². The Labute approximate surface area is 122 Å². The van der Waals surface area contributed by atoms with Crippen LogP contribution in [0.15, 0.2) is 24.3 Å². The van der Waals surface area contributed by atoms with Gasteiger partial charge in [-0.2, -0.15) is 0 Å². The van der Waals surface area contributed by atoms with Crippen LogP contribution in [-0.4, -0.2) is 24.6 Å². The largest absolute Gasteiger partial charge is 0.494 e. The average Bonchev–Trinajstić information content (AvgIpc) is 2.50. The van der Waals surface area contributed by atoms with Crippen LogP contribution in [0.25, 0.3) is 0 Å². The van der Waals surface area contributed by atoms with Crippen LogP contribution in [-0.2, 0) is 4.74 Å². The van der Waals surface area contributed by atoms with Gasteiger partial charge in [-0.05, 0) is 50.5 Å². The Hall–Kier alpha value is -1.35. The number of ether oxygens (including phenoxy) is 2. The van der Waals surface area contributed by atoms with Crippen LogP contribution in [0.4, 0.5) is 0 Å². The lowest BCUT2D eigenvalue weighted by Crippen LogP contribution is -2.40. The van der Waals surface area contributed by atoms with Crippen molar-refractivity contribution >= 4 is 5.78 Å². The Balaban J connectivity index is 2.89. The van der Waals surface area contributed by atoms with Crippen LogP contribution in [0.2, 0.25) is 0 Å². The monoisotopic (exact) mass is 278 g/mol. The van der Waals surface area contributed by atoms with Crippen LogP contribution in [0, 0.1) is 0 Å². The molecule has 0 saturated carbocycles. The molecule has 0 aliphatic rings. The van der Waals surface area contributed by atoms with E-state index in [1.807, 2.05) is 45.0 Å². The summed E-state index contributed by atoms with van der Waals surface area (Å²) in [5.41, 5.74) is -0.00780. The number of hydrogen-bond donors (Lipinski definition) is 0. The van der Waals surface area contributed by atoms with E-state index in [-0.39, 0.29) is 5.78 Å². The lowest BCUT2D eigenvalue weighted by molar-refractivity contribution is -0.0250. The maximum atomic E-state index is 12.7. The molecule has 1 aromatic carbocycles. The Morgan fingerprint density at radius 1 is 1.05 bits per heavy atom. The standard InChI is InChI=1S/C17H26O3/c1-5-13-19-15-11-9-14(10-12-15)16(18)17(6-2,7-3)20-8-4/h9-12H,5-8,13H2,1-4H3. The first-order valence-electron chi connectivity index (χ1n) is 7.55. The summed E-state index contributed by atoms with van der Waals surface area (Å²) in [7, 11) is 0. The molecule has 0 bridgehead atoms. The molecule has 0 amide bonds. The maximum Gasteiger partial charge on any atom is 0.194 e. The highest BCUT2D eigenvalue weighted by molar-refractivity contribution is 6.02. The number of benzene rings is 1. The van der Waals surface area contributed by atoms with Gasteiger partial charge in [0.25, 0.3) is 0 Å². The second-order valence-electron chi connectivity index (χ2n) is 4.84. The number of Topliss-reactive ketones (excluding diaryl/α,β-unsaturated/α-hetero) is 1. The maximum absolute atomic E-state index is 12.7. The van der Waals surface area contributed by atoms with Crippen LogP contribution < -0.4 is 4.74 Å². The Bertz CT molecular complexity index is 405. The molecule has 0 fully saturated rings. The van der Waals surface area contributed by atoms with E-state index in [4.69, 9.17) is 9.47 Å². The molecular weight excluding hydrogens is 252 g/mol. The third kappa shape index (κ3) is 3.83. The molecule has 0 N–H and O–H groups in total. The third-order valence-electron chi connectivity index (χ3n) is 3.57. The first-order valence-corrected chi connectivity index (χ1v) is 7.55. The summed E-state index contributed by atoms with van der Waals surface area (Å²) >= 11 is 0. The zero-order valence-electron chi connectivity index (χ0n) is 13.1. The van der Waals surface area contributed by atoms with Crippen molar-refractivity contribution in [1.29, 1.82) is 0 Å². The SMILES string of the molecule is CCCOc1ccc(C(=O)C(CC)(CC)OCC)cc1. The molecule has 0 aromatic heterocycles. The zero-order valence-corrected chi connectivity index (χ0v) is 13.1. The summed E-state index contributed by atoms with van der Waals surface area (Å²) in [4.78, 5) is 12.7. The average molecular weight is 278 g/mol. The van der Waals surface area contributed by atoms with E-state index in [1.54, 1.807) is 0 Å². The quantitative estimate of drug-likeness (QED) is 0.633. The molecule has 3 heteroatoms. The molecule has 0 spiro atoms. The summed E-state index contributed by atoms with van der Waals surface area (Å²) < 4.78 is 11.3. The van der Waals surface area contributed by atoms with Crippen molar-refractivity contribution in [2.75, 3.05) is 13.2 Å². The molecule has 0 atom stereocenters. The van der Waals surface area contributed by atoms with E-state index in [9.17, 15) is 4.79 Å². The molecule has 0 radical (unpaired) electrons. The zero-order chi connectivity index (χ0) is 15.0.